The normalized spacial score (nSPS) is 16.1. The molecule has 0 bridgehead atoms. The highest BCUT2D eigenvalue weighted by Gasteiger charge is 2.31. The molecule has 0 N–H and O–H groups in total. The molecule has 1 aliphatic heterocycles. The van der Waals surface area contributed by atoms with Crippen molar-refractivity contribution in [3.05, 3.63) is 72.2 Å². The van der Waals surface area contributed by atoms with E-state index in [1.165, 1.54) is 0 Å². The summed E-state index contributed by atoms with van der Waals surface area (Å²) in [5, 5.41) is 0. The van der Waals surface area contributed by atoms with Crippen molar-refractivity contribution in [1.29, 1.82) is 0 Å². The zero-order valence-corrected chi connectivity index (χ0v) is 19.0. The Morgan fingerprint density at radius 1 is 1.12 bits per heavy atom. The predicted octanol–water partition coefficient (Wildman–Crippen LogP) is 3.60. The zero-order valence-electron chi connectivity index (χ0n) is 19.0. The quantitative estimate of drug-likeness (QED) is 0.435. The number of pyridine rings is 1. The van der Waals surface area contributed by atoms with Crippen LogP contribution in [0.15, 0.2) is 54.9 Å². The lowest BCUT2D eigenvalue weighted by Gasteiger charge is -2.24. The van der Waals surface area contributed by atoms with Gasteiger partial charge in [-0.1, -0.05) is 25.1 Å². The summed E-state index contributed by atoms with van der Waals surface area (Å²) in [6, 6.07) is 13.9. The predicted molar refractivity (Wildman–Crippen MR) is 125 cm³/mol. The molecule has 8 heteroatoms. The third-order valence-electron chi connectivity index (χ3n) is 6.29. The lowest BCUT2D eigenvalue weighted by Crippen LogP contribution is -2.34. The second kappa shape index (κ2) is 9.15. The molecule has 8 nitrogen and oxygen atoms in total. The van der Waals surface area contributed by atoms with Crippen molar-refractivity contribution in [2.75, 3.05) is 13.2 Å². The Bertz CT molecular complexity index is 1280. The van der Waals surface area contributed by atoms with Crippen molar-refractivity contribution in [3.8, 4) is 5.82 Å². The Morgan fingerprint density at radius 3 is 2.85 bits per heavy atom. The molecule has 1 unspecified atom stereocenters. The molecule has 170 valence electrons. The molecule has 0 spiro atoms. The minimum Gasteiger partial charge on any atom is -0.364 e. The number of carbonyl (C=O) groups excluding carboxylic acids is 1. The van der Waals surface area contributed by atoms with Crippen molar-refractivity contribution in [2.24, 2.45) is 7.05 Å². The molecule has 0 saturated carbocycles. The highest BCUT2D eigenvalue weighted by atomic mass is 16.5. The van der Waals surface area contributed by atoms with E-state index < -0.39 is 0 Å². The van der Waals surface area contributed by atoms with E-state index in [-0.39, 0.29) is 18.6 Å². The van der Waals surface area contributed by atoms with Crippen LogP contribution in [-0.2, 0) is 29.6 Å². The lowest BCUT2D eigenvalue weighted by atomic mass is 10.1. The van der Waals surface area contributed by atoms with Crippen molar-refractivity contribution >= 4 is 16.9 Å². The van der Waals surface area contributed by atoms with Crippen LogP contribution in [0.3, 0.4) is 0 Å². The van der Waals surface area contributed by atoms with Gasteiger partial charge in [0.25, 0.3) is 0 Å². The molecule has 1 aromatic carbocycles. The Morgan fingerprint density at radius 2 is 2.00 bits per heavy atom. The first-order valence-corrected chi connectivity index (χ1v) is 11.4. The van der Waals surface area contributed by atoms with Crippen LogP contribution in [0.2, 0.25) is 0 Å². The van der Waals surface area contributed by atoms with E-state index in [2.05, 4.69) is 16.9 Å². The third-order valence-corrected chi connectivity index (χ3v) is 6.29. The van der Waals surface area contributed by atoms with E-state index in [9.17, 15) is 4.79 Å². The minimum atomic E-state index is -0.0367. The minimum absolute atomic E-state index is 0.0136. The topological polar surface area (TPSA) is 78.1 Å². The fourth-order valence-corrected chi connectivity index (χ4v) is 4.57. The molecule has 4 aromatic rings. The lowest BCUT2D eigenvalue weighted by molar-refractivity contribution is -0.137. The van der Waals surface area contributed by atoms with Gasteiger partial charge < -0.3 is 14.2 Å². The molecular weight excluding hydrogens is 416 g/mol. The second-order valence-electron chi connectivity index (χ2n) is 8.30. The largest absolute Gasteiger partial charge is 0.364 e. The Kier molecular flexibility index (Phi) is 5.92. The van der Waals surface area contributed by atoms with Crippen LogP contribution in [0.4, 0.5) is 0 Å². The number of nitrogens with zero attached hydrogens (tertiary/aromatic N) is 6. The van der Waals surface area contributed by atoms with E-state index in [4.69, 9.17) is 9.72 Å². The maximum Gasteiger partial charge on any atom is 0.249 e. The number of aryl methyl sites for hydroxylation is 2. The Balaban J connectivity index is 1.26. The molecule has 0 aliphatic carbocycles. The van der Waals surface area contributed by atoms with Crippen molar-refractivity contribution in [1.82, 2.24) is 29.0 Å². The van der Waals surface area contributed by atoms with Gasteiger partial charge in [0.15, 0.2) is 0 Å². The highest BCUT2D eigenvalue weighted by Crippen LogP contribution is 2.31. The number of aromatic nitrogens is 5. The molecule has 33 heavy (non-hydrogen) atoms. The summed E-state index contributed by atoms with van der Waals surface area (Å²) in [6.45, 7) is 3.12. The molecule has 5 rings (SSSR count). The number of carbonyl (C=O) groups is 1. The first kappa shape index (κ1) is 21.3. The summed E-state index contributed by atoms with van der Waals surface area (Å²) in [5.74, 6) is 2.59. The van der Waals surface area contributed by atoms with Gasteiger partial charge >= 0.3 is 0 Å². The van der Waals surface area contributed by atoms with Crippen LogP contribution in [0.1, 0.15) is 43.1 Å². The SMILES string of the molecule is CCc1nccn1-c1cccc(C2CCCN2C(=O)COCc2nc3ccccc3n2C)n1. The van der Waals surface area contributed by atoms with Crippen LogP contribution >= 0.6 is 0 Å². The summed E-state index contributed by atoms with van der Waals surface area (Å²) in [7, 11) is 1.97. The first-order chi connectivity index (χ1) is 16.2. The number of hydrogen-bond acceptors (Lipinski definition) is 5. The van der Waals surface area contributed by atoms with Crippen LogP contribution in [0.5, 0.6) is 0 Å². The average Bonchev–Trinajstić information content (AvgIpc) is 3.58. The van der Waals surface area contributed by atoms with Gasteiger partial charge in [0.2, 0.25) is 5.91 Å². The smallest absolute Gasteiger partial charge is 0.249 e. The van der Waals surface area contributed by atoms with Gasteiger partial charge in [-0.25, -0.2) is 15.0 Å². The van der Waals surface area contributed by atoms with Gasteiger partial charge in [0.05, 0.1) is 22.8 Å². The van der Waals surface area contributed by atoms with Crippen molar-refractivity contribution < 1.29 is 9.53 Å². The standard InChI is InChI=1S/C25H28N6O2/c1-3-22-26-13-15-31(22)23-12-6-9-19(27-23)21-11-7-14-30(21)25(32)17-33-16-24-28-18-8-4-5-10-20(18)29(24)2/h4-6,8-10,12-13,15,21H,3,7,11,14,16-17H2,1-2H3. The molecule has 1 fully saturated rings. The van der Waals surface area contributed by atoms with Gasteiger partial charge in [-0.3, -0.25) is 9.36 Å². The number of rotatable bonds is 7. The van der Waals surface area contributed by atoms with Crippen LogP contribution in [-0.4, -0.2) is 48.0 Å². The molecule has 1 saturated heterocycles. The molecule has 0 radical (unpaired) electrons. The number of hydrogen-bond donors (Lipinski definition) is 0. The summed E-state index contributed by atoms with van der Waals surface area (Å²) in [5.41, 5.74) is 2.89. The summed E-state index contributed by atoms with van der Waals surface area (Å²) in [6.07, 6.45) is 6.41. The van der Waals surface area contributed by atoms with Gasteiger partial charge in [0, 0.05) is 32.4 Å². The Labute approximate surface area is 192 Å². The fourth-order valence-electron chi connectivity index (χ4n) is 4.57. The van der Waals surface area contributed by atoms with Crippen molar-refractivity contribution in [3.63, 3.8) is 0 Å². The van der Waals surface area contributed by atoms with E-state index in [1.54, 1.807) is 6.20 Å². The van der Waals surface area contributed by atoms with Gasteiger partial charge in [-0.15, -0.1) is 0 Å². The summed E-state index contributed by atoms with van der Waals surface area (Å²) < 4.78 is 9.81. The van der Waals surface area contributed by atoms with Crippen LogP contribution in [0.25, 0.3) is 16.9 Å². The van der Waals surface area contributed by atoms with Crippen LogP contribution in [0, 0.1) is 0 Å². The van der Waals surface area contributed by atoms with Gasteiger partial charge in [0.1, 0.15) is 30.7 Å². The number of fused-ring (bicyclic) bond motifs is 1. The van der Waals surface area contributed by atoms with E-state index in [1.807, 2.05) is 69.7 Å². The van der Waals surface area contributed by atoms with E-state index in [0.29, 0.717) is 6.61 Å². The summed E-state index contributed by atoms with van der Waals surface area (Å²) in [4.78, 5) is 28.8. The molecule has 1 aliphatic rings. The summed E-state index contributed by atoms with van der Waals surface area (Å²) >= 11 is 0. The number of ether oxygens (including phenoxy) is 1. The van der Waals surface area contributed by atoms with Gasteiger partial charge in [-0.05, 0) is 37.1 Å². The molecule has 1 amide bonds. The maximum absolute atomic E-state index is 13.0. The number of amides is 1. The molecule has 4 heterocycles. The monoisotopic (exact) mass is 444 g/mol. The number of imidazole rings is 2. The van der Waals surface area contributed by atoms with E-state index >= 15 is 0 Å². The number of benzene rings is 1. The average molecular weight is 445 g/mol. The fraction of sp³-hybridized carbons (Fsp3) is 0.360. The first-order valence-electron chi connectivity index (χ1n) is 11.4. The molecule has 1 atom stereocenters. The maximum atomic E-state index is 13.0. The van der Waals surface area contributed by atoms with E-state index in [0.717, 1.165) is 60.0 Å². The highest BCUT2D eigenvalue weighted by molar-refractivity contribution is 5.78. The third kappa shape index (κ3) is 4.14. The number of likely N-dealkylation sites (tertiary alicyclic amines) is 1. The molecule has 3 aromatic heterocycles. The molecular formula is C25H28N6O2. The number of para-hydroxylation sites is 2. The Hall–Kier alpha value is -3.52. The van der Waals surface area contributed by atoms with Gasteiger partial charge in [-0.2, -0.15) is 0 Å². The van der Waals surface area contributed by atoms with Crippen LogP contribution < -0.4 is 0 Å². The van der Waals surface area contributed by atoms with Crippen molar-refractivity contribution in [2.45, 2.75) is 38.8 Å². The second-order valence-corrected chi connectivity index (χ2v) is 8.30. The zero-order chi connectivity index (χ0) is 22.8.